The largest absolute Gasteiger partial charge is 0.294 e. The van der Waals surface area contributed by atoms with Crippen molar-refractivity contribution < 1.29 is 9.18 Å². The Morgan fingerprint density at radius 3 is 2.53 bits per heavy atom. The van der Waals surface area contributed by atoms with E-state index in [4.69, 9.17) is 11.6 Å². The number of ketones is 1. The third kappa shape index (κ3) is 2.37. The first-order valence-corrected chi connectivity index (χ1v) is 5.53. The Balaban J connectivity index is 2.58. The molecule has 0 aromatic heterocycles. The number of halogens is 2. The molecule has 0 N–H and O–H groups in total. The van der Waals surface area contributed by atoms with Crippen LogP contribution in [-0.4, -0.2) is 5.78 Å². The minimum absolute atomic E-state index is 0.0856. The quantitative estimate of drug-likeness (QED) is 0.722. The lowest BCUT2D eigenvalue weighted by molar-refractivity contribution is 0.101. The second-order valence-corrected chi connectivity index (χ2v) is 4.14. The summed E-state index contributed by atoms with van der Waals surface area (Å²) in [6.45, 7) is 1.34. The molecule has 17 heavy (non-hydrogen) atoms. The summed E-state index contributed by atoms with van der Waals surface area (Å²) < 4.78 is 13.4. The summed E-state index contributed by atoms with van der Waals surface area (Å²) in [6, 6.07) is 11.7. The minimum atomic E-state index is -0.506. The highest BCUT2D eigenvalue weighted by Gasteiger charge is 2.10. The molecule has 0 bridgehead atoms. The van der Waals surface area contributed by atoms with Gasteiger partial charge in [-0.3, -0.25) is 4.79 Å². The average Bonchev–Trinajstić information content (AvgIpc) is 2.30. The molecule has 0 unspecified atom stereocenters. The summed E-state index contributed by atoms with van der Waals surface area (Å²) in [6.07, 6.45) is 0. The molecule has 86 valence electrons. The van der Waals surface area contributed by atoms with Crippen molar-refractivity contribution in [1.82, 2.24) is 0 Å². The Kier molecular flexibility index (Phi) is 3.25. The van der Waals surface area contributed by atoms with Gasteiger partial charge in [0.05, 0.1) is 5.56 Å². The summed E-state index contributed by atoms with van der Waals surface area (Å²) in [7, 11) is 0. The van der Waals surface area contributed by atoms with E-state index in [1.165, 1.54) is 19.1 Å². The van der Waals surface area contributed by atoms with Crippen molar-refractivity contribution in [3.63, 3.8) is 0 Å². The molecule has 0 atom stereocenters. The summed E-state index contributed by atoms with van der Waals surface area (Å²) in [5.74, 6) is -0.801. The van der Waals surface area contributed by atoms with E-state index in [0.717, 1.165) is 11.1 Å². The number of carbonyl (C=O) groups excluding carboxylic acids is 1. The van der Waals surface area contributed by atoms with Gasteiger partial charge in [-0.1, -0.05) is 35.9 Å². The number of hydrogen-bond acceptors (Lipinski definition) is 1. The summed E-state index contributed by atoms with van der Waals surface area (Å²) >= 11 is 6.05. The second-order valence-electron chi connectivity index (χ2n) is 3.73. The first kappa shape index (κ1) is 11.8. The van der Waals surface area contributed by atoms with Crippen molar-refractivity contribution in [3.05, 3.63) is 58.9 Å². The fourth-order valence-corrected chi connectivity index (χ4v) is 1.90. The predicted octanol–water partition coefficient (Wildman–Crippen LogP) is 4.35. The number of carbonyl (C=O) groups is 1. The second kappa shape index (κ2) is 4.68. The molecule has 2 aromatic carbocycles. The van der Waals surface area contributed by atoms with Crippen LogP contribution in [0.25, 0.3) is 11.1 Å². The van der Waals surface area contributed by atoms with Gasteiger partial charge in [0.15, 0.2) is 5.78 Å². The van der Waals surface area contributed by atoms with Gasteiger partial charge in [0, 0.05) is 10.6 Å². The van der Waals surface area contributed by atoms with Gasteiger partial charge in [-0.05, 0) is 30.7 Å². The molecule has 3 heteroatoms. The Morgan fingerprint density at radius 2 is 1.88 bits per heavy atom. The highest BCUT2D eigenvalue weighted by molar-refractivity contribution is 6.33. The van der Waals surface area contributed by atoms with Crippen molar-refractivity contribution in [1.29, 1.82) is 0 Å². The highest BCUT2D eigenvalue weighted by atomic mass is 35.5. The fraction of sp³-hybridized carbons (Fsp3) is 0.0714. The van der Waals surface area contributed by atoms with Crippen LogP contribution < -0.4 is 0 Å². The molecule has 1 nitrogen and oxygen atoms in total. The van der Waals surface area contributed by atoms with E-state index >= 15 is 0 Å². The molecule has 0 amide bonds. The van der Waals surface area contributed by atoms with Crippen LogP contribution in [0.4, 0.5) is 4.39 Å². The zero-order valence-corrected chi connectivity index (χ0v) is 9.96. The third-order valence-electron chi connectivity index (χ3n) is 2.53. The Bertz CT molecular complexity index is 578. The van der Waals surface area contributed by atoms with Gasteiger partial charge in [-0.15, -0.1) is 0 Å². The maximum atomic E-state index is 13.4. The topological polar surface area (TPSA) is 17.1 Å². The molecule has 0 aliphatic carbocycles. The minimum Gasteiger partial charge on any atom is -0.294 e. The first-order chi connectivity index (χ1) is 8.09. The summed E-state index contributed by atoms with van der Waals surface area (Å²) in [5.41, 5.74) is 1.61. The van der Waals surface area contributed by atoms with Crippen LogP contribution in [-0.2, 0) is 0 Å². The summed E-state index contributed by atoms with van der Waals surface area (Å²) in [5, 5.41) is 0.577. The number of Topliss-reactive ketones (excluding diaryl/α,β-unsaturated/α-hetero) is 1. The monoisotopic (exact) mass is 248 g/mol. The Hall–Kier alpha value is -1.67. The predicted molar refractivity (Wildman–Crippen MR) is 66.9 cm³/mol. The van der Waals surface area contributed by atoms with Gasteiger partial charge >= 0.3 is 0 Å². The molecule has 2 aromatic rings. The molecule has 0 saturated heterocycles. The van der Waals surface area contributed by atoms with E-state index in [1.54, 1.807) is 12.1 Å². The van der Waals surface area contributed by atoms with Crippen LogP contribution in [0.15, 0.2) is 42.5 Å². The molecule has 0 aliphatic rings. The molecular weight excluding hydrogens is 239 g/mol. The maximum Gasteiger partial charge on any atom is 0.162 e. The van der Waals surface area contributed by atoms with Crippen molar-refractivity contribution >= 4 is 17.4 Å². The van der Waals surface area contributed by atoms with Crippen molar-refractivity contribution in [3.8, 4) is 11.1 Å². The van der Waals surface area contributed by atoms with Gasteiger partial charge in [0.2, 0.25) is 0 Å². The lowest BCUT2D eigenvalue weighted by Crippen LogP contribution is -1.97. The number of rotatable bonds is 2. The van der Waals surface area contributed by atoms with Crippen LogP contribution in [0.1, 0.15) is 17.3 Å². The lowest BCUT2D eigenvalue weighted by Gasteiger charge is -2.06. The van der Waals surface area contributed by atoms with Crippen LogP contribution in [0.2, 0.25) is 5.02 Å². The molecule has 0 saturated carbocycles. The normalized spacial score (nSPS) is 10.3. The number of hydrogen-bond donors (Lipinski definition) is 0. The molecule has 0 spiro atoms. The van der Waals surface area contributed by atoms with E-state index in [-0.39, 0.29) is 11.3 Å². The summed E-state index contributed by atoms with van der Waals surface area (Å²) in [4.78, 5) is 11.3. The molecule has 0 aliphatic heterocycles. The molecular formula is C14H10ClFO. The molecule has 0 fully saturated rings. The lowest BCUT2D eigenvalue weighted by atomic mass is 10.0. The van der Waals surface area contributed by atoms with Crippen molar-refractivity contribution in [2.75, 3.05) is 0 Å². The zero-order chi connectivity index (χ0) is 12.4. The number of benzene rings is 2. The molecule has 0 heterocycles. The van der Waals surface area contributed by atoms with Crippen molar-refractivity contribution in [2.45, 2.75) is 6.92 Å². The van der Waals surface area contributed by atoms with E-state index < -0.39 is 5.82 Å². The van der Waals surface area contributed by atoms with E-state index in [2.05, 4.69) is 0 Å². The maximum absolute atomic E-state index is 13.4. The average molecular weight is 249 g/mol. The third-order valence-corrected chi connectivity index (χ3v) is 2.86. The zero-order valence-electron chi connectivity index (χ0n) is 9.21. The van der Waals surface area contributed by atoms with Gasteiger partial charge < -0.3 is 0 Å². The van der Waals surface area contributed by atoms with Gasteiger partial charge in [-0.25, -0.2) is 4.39 Å². The van der Waals surface area contributed by atoms with Gasteiger partial charge in [-0.2, -0.15) is 0 Å². The van der Waals surface area contributed by atoms with E-state index in [0.29, 0.717) is 5.02 Å². The van der Waals surface area contributed by atoms with Gasteiger partial charge in [0.25, 0.3) is 0 Å². The standard InChI is InChI=1S/C14H10ClFO/c1-9(17)12-8-10(6-7-14(12)16)11-4-2-3-5-13(11)15/h2-8H,1H3. The fourth-order valence-electron chi connectivity index (χ4n) is 1.66. The Morgan fingerprint density at radius 1 is 1.18 bits per heavy atom. The molecule has 0 radical (unpaired) electrons. The van der Waals surface area contributed by atoms with E-state index in [1.807, 2.05) is 18.2 Å². The Labute approximate surface area is 104 Å². The SMILES string of the molecule is CC(=O)c1cc(-c2ccccc2Cl)ccc1F. The van der Waals surface area contributed by atoms with Crippen LogP contribution >= 0.6 is 11.6 Å². The first-order valence-electron chi connectivity index (χ1n) is 5.15. The van der Waals surface area contributed by atoms with E-state index in [9.17, 15) is 9.18 Å². The molecule has 2 rings (SSSR count). The van der Waals surface area contributed by atoms with Crippen LogP contribution in [0.5, 0.6) is 0 Å². The highest BCUT2D eigenvalue weighted by Crippen LogP contribution is 2.28. The van der Waals surface area contributed by atoms with Gasteiger partial charge in [0.1, 0.15) is 5.82 Å². The van der Waals surface area contributed by atoms with Crippen molar-refractivity contribution in [2.24, 2.45) is 0 Å². The smallest absolute Gasteiger partial charge is 0.162 e. The van der Waals surface area contributed by atoms with Crippen LogP contribution in [0.3, 0.4) is 0 Å². The van der Waals surface area contributed by atoms with Crippen LogP contribution in [0, 0.1) is 5.82 Å².